The molecular formula is C5H13NO3S. The molecule has 0 heterocycles. The Morgan fingerprint density at radius 1 is 1.60 bits per heavy atom. The number of rotatable bonds is 4. The van der Waals surface area contributed by atoms with E-state index in [4.69, 9.17) is 10.3 Å². The number of hydrogen-bond acceptors (Lipinski definition) is 3. The fourth-order valence-corrected chi connectivity index (χ4v) is 1.49. The van der Waals surface area contributed by atoms with Gasteiger partial charge in [0.05, 0.1) is 5.25 Å². The van der Waals surface area contributed by atoms with Crippen molar-refractivity contribution in [3.05, 3.63) is 0 Å². The summed E-state index contributed by atoms with van der Waals surface area (Å²) in [5.74, 6) is 0. The summed E-state index contributed by atoms with van der Waals surface area (Å²) in [4.78, 5) is 0. The van der Waals surface area contributed by atoms with Crippen LogP contribution in [-0.2, 0) is 10.1 Å². The van der Waals surface area contributed by atoms with Crippen LogP contribution in [0.5, 0.6) is 0 Å². The van der Waals surface area contributed by atoms with Crippen molar-refractivity contribution in [3.63, 3.8) is 0 Å². The molecule has 0 aromatic carbocycles. The summed E-state index contributed by atoms with van der Waals surface area (Å²) >= 11 is 0. The fraction of sp³-hybridized carbons (Fsp3) is 1.00. The summed E-state index contributed by atoms with van der Waals surface area (Å²) in [6, 6.07) is 0. The molecule has 62 valence electrons. The van der Waals surface area contributed by atoms with Gasteiger partial charge >= 0.3 is 0 Å². The molecule has 0 bridgehead atoms. The molecule has 0 rings (SSSR count). The zero-order valence-electron chi connectivity index (χ0n) is 5.95. The highest BCUT2D eigenvalue weighted by Crippen LogP contribution is 2.04. The van der Waals surface area contributed by atoms with Crippen LogP contribution >= 0.6 is 0 Å². The van der Waals surface area contributed by atoms with Gasteiger partial charge in [-0.15, -0.1) is 0 Å². The van der Waals surface area contributed by atoms with Crippen LogP contribution in [-0.4, -0.2) is 24.8 Å². The Hall–Kier alpha value is -0.130. The maximum absolute atomic E-state index is 10.4. The van der Waals surface area contributed by atoms with Gasteiger partial charge in [-0.1, -0.05) is 13.3 Å². The van der Waals surface area contributed by atoms with Crippen LogP contribution in [0, 0.1) is 0 Å². The van der Waals surface area contributed by atoms with Gasteiger partial charge in [0.15, 0.2) is 0 Å². The summed E-state index contributed by atoms with van der Waals surface area (Å²) in [5, 5.41) is -0.780. The second-order valence-corrected chi connectivity index (χ2v) is 3.86. The molecule has 0 radical (unpaired) electrons. The van der Waals surface area contributed by atoms with Gasteiger partial charge in [-0.05, 0) is 6.42 Å². The van der Waals surface area contributed by atoms with Gasteiger partial charge in [0.2, 0.25) is 0 Å². The molecule has 0 aliphatic carbocycles. The predicted molar refractivity (Wildman–Crippen MR) is 39.3 cm³/mol. The predicted octanol–water partition coefficient (Wildman–Crippen LogP) is 0.00160. The molecular weight excluding hydrogens is 154 g/mol. The van der Waals surface area contributed by atoms with E-state index in [2.05, 4.69) is 0 Å². The van der Waals surface area contributed by atoms with Crippen LogP contribution in [0.1, 0.15) is 19.8 Å². The lowest BCUT2D eigenvalue weighted by Gasteiger charge is -2.08. The van der Waals surface area contributed by atoms with Gasteiger partial charge in [0.25, 0.3) is 10.1 Å². The van der Waals surface area contributed by atoms with Crippen LogP contribution in [0.3, 0.4) is 0 Å². The first-order valence-corrected chi connectivity index (χ1v) is 4.69. The Bertz CT molecular complexity index is 175. The van der Waals surface area contributed by atoms with Gasteiger partial charge in [-0.3, -0.25) is 4.55 Å². The van der Waals surface area contributed by atoms with E-state index >= 15 is 0 Å². The van der Waals surface area contributed by atoms with E-state index in [1.165, 1.54) is 0 Å². The molecule has 0 amide bonds. The molecule has 0 aromatic rings. The second-order valence-electron chi connectivity index (χ2n) is 2.16. The van der Waals surface area contributed by atoms with Crippen molar-refractivity contribution in [1.82, 2.24) is 0 Å². The van der Waals surface area contributed by atoms with Crippen molar-refractivity contribution in [2.45, 2.75) is 25.0 Å². The monoisotopic (exact) mass is 167 g/mol. The van der Waals surface area contributed by atoms with E-state index in [1.807, 2.05) is 6.92 Å². The molecule has 0 fully saturated rings. The normalized spacial score (nSPS) is 15.1. The zero-order valence-corrected chi connectivity index (χ0v) is 6.76. The molecule has 0 saturated heterocycles. The second kappa shape index (κ2) is 3.90. The van der Waals surface area contributed by atoms with Crippen molar-refractivity contribution in [2.75, 3.05) is 6.54 Å². The van der Waals surface area contributed by atoms with Crippen LogP contribution in [0.25, 0.3) is 0 Å². The fourth-order valence-electron chi connectivity index (χ4n) is 0.710. The summed E-state index contributed by atoms with van der Waals surface area (Å²) in [6.07, 6.45) is 1.14. The van der Waals surface area contributed by atoms with E-state index < -0.39 is 15.4 Å². The Morgan fingerprint density at radius 3 is 2.20 bits per heavy atom. The molecule has 1 unspecified atom stereocenters. The Balaban J connectivity index is 4.08. The molecule has 1 atom stereocenters. The molecule has 4 nitrogen and oxygen atoms in total. The highest BCUT2D eigenvalue weighted by atomic mass is 32.2. The molecule has 5 heteroatoms. The third kappa shape index (κ3) is 3.14. The molecule has 10 heavy (non-hydrogen) atoms. The minimum atomic E-state index is -3.90. The van der Waals surface area contributed by atoms with Crippen LogP contribution in [0.15, 0.2) is 0 Å². The van der Waals surface area contributed by atoms with Crippen LogP contribution in [0.4, 0.5) is 0 Å². The van der Waals surface area contributed by atoms with E-state index in [1.54, 1.807) is 0 Å². The maximum Gasteiger partial charge on any atom is 0.269 e. The third-order valence-electron chi connectivity index (χ3n) is 1.29. The van der Waals surface area contributed by atoms with Gasteiger partial charge in [-0.25, -0.2) is 0 Å². The van der Waals surface area contributed by atoms with Gasteiger partial charge in [0.1, 0.15) is 0 Å². The molecule has 0 spiro atoms. The lowest BCUT2D eigenvalue weighted by atomic mass is 10.2. The standard InChI is InChI=1S/C5H13NO3S/c1-2-3-5(4-6)10(7,8)9/h5H,2-4,6H2,1H3,(H,7,8,9). The largest absolute Gasteiger partial charge is 0.329 e. The highest BCUT2D eigenvalue weighted by Gasteiger charge is 2.19. The molecule has 3 N–H and O–H groups in total. The number of nitrogens with two attached hydrogens (primary N) is 1. The average Bonchev–Trinajstić information content (AvgIpc) is 1.80. The Labute approximate surface area is 61.2 Å². The first-order valence-electron chi connectivity index (χ1n) is 3.18. The minimum Gasteiger partial charge on any atom is -0.329 e. The van der Waals surface area contributed by atoms with E-state index in [9.17, 15) is 8.42 Å². The van der Waals surface area contributed by atoms with E-state index in [-0.39, 0.29) is 6.54 Å². The van der Waals surface area contributed by atoms with Crippen LogP contribution < -0.4 is 5.73 Å². The summed E-state index contributed by atoms with van der Waals surface area (Å²) in [5.41, 5.74) is 5.11. The molecule has 0 aliphatic rings. The van der Waals surface area contributed by atoms with Gasteiger partial charge in [0, 0.05) is 6.54 Å². The van der Waals surface area contributed by atoms with Crippen LogP contribution in [0.2, 0.25) is 0 Å². The van der Waals surface area contributed by atoms with Crippen molar-refractivity contribution < 1.29 is 13.0 Å². The molecule has 0 saturated carbocycles. The number of hydrogen-bond donors (Lipinski definition) is 2. The topological polar surface area (TPSA) is 80.4 Å². The SMILES string of the molecule is CCCC(CN)S(=O)(=O)O. The quantitative estimate of drug-likeness (QED) is 0.577. The summed E-state index contributed by atoms with van der Waals surface area (Å²) < 4.78 is 29.4. The smallest absolute Gasteiger partial charge is 0.269 e. The lowest BCUT2D eigenvalue weighted by molar-refractivity contribution is 0.461. The first kappa shape index (κ1) is 9.87. The van der Waals surface area contributed by atoms with Gasteiger partial charge < -0.3 is 5.73 Å². The summed E-state index contributed by atoms with van der Waals surface area (Å²) in [6.45, 7) is 1.83. The summed E-state index contributed by atoms with van der Waals surface area (Å²) in [7, 11) is -3.90. The van der Waals surface area contributed by atoms with Crippen molar-refractivity contribution in [2.24, 2.45) is 5.73 Å². The van der Waals surface area contributed by atoms with E-state index in [0.29, 0.717) is 12.8 Å². The average molecular weight is 167 g/mol. The third-order valence-corrected chi connectivity index (χ3v) is 2.57. The molecule has 0 aliphatic heterocycles. The minimum absolute atomic E-state index is 0.00727. The zero-order chi connectivity index (χ0) is 8.20. The lowest BCUT2D eigenvalue weighted by Crippen LogP contribution is -2.28. The maximum atomic E-state index is 10.4. The van der Waals surface area contributed by atoms with Crippen molar-refractivity contribution in [1.29, 1.82) is 0 Å². The van der Waals surface area contributed by atoms with E-state index in [0.717, 1.165) is 0 Å². The first-order chi connectivity index (χ1) is 4.52. The Kier molecular flexibility index (Phi) is 3.85. The van der Waals surface area contributed by atoms with Crippen molar-refractivity contribution >= 4 is 10.1 Å². The highest BCUT2D eigenvalue weighted by molar-refractivity contribution is 7.86. The Morgan fingerprint density at radius 2 is 2.10 bits per heavy atom. The van der Waals surface area contributed by atoms with Gasteiger partial charge in [-0.2, -0.15) is 8.42 Å². The van der Waals surface area contributed by atoms with Crippen molar-refractivity contribution in [3.8, 4) is 0 Å². The molecule has 0 aromatic heterocycles.